The molecule has 0 unspecified atom stereocenters. The average molecular weight is 353 g/mol. The number of alkyl halides is 2. The zero-order valence-electron chi connectivity index (χ0n) is 12.6. The molecule has 0 saturated heterocycles. The van der Waals surface area contributed by atoms with Crippen molar-refractivity contribution in [3.8, 4) is 0 Å². The lowest BCUT2D eigenvalue weighted by Gasteiger charge is -2.54. The third kappa shape index (κ3) is 3.45. The van der Waals surface area contributed by atoms with Gasteiger partial charge in [0.1, 0.15) is 0 Å². The van der Waals surface area contributed by atoms with Gasteiger partial charge in [-0.25, -0.2) is 4.79 Å². The Kier molecular flexibility index (Phi) is 4.29. The van der Waals surface area contributed by atoms with Gasteiger partial charge in [-0.15, -0.1) is 0 Å². The summed E-state index contributed by atoms with van der Waals surface area (Å²) >= 11 is 0. The number of halogens is 2. The van der Waals surface area contributed by atoms with Crippen LogP contribution in [-0.4, -0.2) is 37.5 Å². The van der Waals surface area contributed by atoms with E-state index in [2.05, 4.69) is 10.1 Å². The van der Waals surface area contributed by atoms with Crippen molar-refractivity contribution in [2.45, 2.75) is 37.4 Å². The second-order valence-corrected chi connectivity index (χ2v) is 8.71. The molecule has 0 radical (unpaired) electrons. The van der Waals surface area contributed by atoms with Gasteiger partial charge in [0.2, 0.25) is 0 Å². The van der Waals surface area contributed by atoms with Crippen LogP contribution in [-0.2, 0) is 14.9 Å². The highest BCUT2D eigenvalue weighted by Gasteiger charge is 2.48. The monoisotopic (exact) mass is 353 g/mol. The Morgan fingerprint density at radius 2 is 1.65 bits per heavy atom. The van der Waals surface area contributed by atoms with Crippen LogP contribution < -0.4 is 5.32 Å². The number of hydrogen-bond donors (Lipinski definition) is 2. The lowest BCUT2D eigenvalue weighted by molar-refractivity contribution is -0.0364. The molecule has 4 rings (SSSR count). The predicted molar refractivity (Wildman–Crippen MR) is 76.4 cm³/mol. The van der Waals surface area contributed by atoms with Crippen LogP contribution in [0.25, 0.3) is 0 Å². The van der Waals surface area contributed by atoms with Crippen molar-refractivity contribution in [3.63, 3.8) is 0 Å². The Balaban J connectivity index is 1.47. The van der Waals surface area contributed by atoms with E-state index in [-0.39, 0.29) is 0 Å². The molecule has 0 spiro atoms. The summed E-state index contributed by atoms with van der Waals surface area (Å²) in [6.45, 7) is -1.33. The standard InChI is InChI=1S/C14H21F2NO5S/c15-14(16,23(19,20)21)7-22-13(18)17-6-12-10-2-8-1-9(4-10)5-11(12)3-8/h8-12H,1-7H2,(H,17,18)(H,19,20,21). The lowest BCUT2D eigenvalue weighted by Crippen LogP contribution is -2.49. The number of alkyl carbamates (subject to hydrolysis) is 1. The van der Waals surface area contributed by atoms with Gasteiger partial charge >= 0.3 is 21.5 Å². The van der Waals surface area contributed by atoms with Gasteiger partial charge in [0, 0.05) is 6.54 Å². The molecule has 6 nitrogen and oxygen atoms in total. The van der Waals surface area contributed by atoms with Crippen molar-refractivity contribution in [1.82, 2.24) is 5.32 Å². The molecule has 23 heavy (non-hydrogen) atoms. The number of hydrogen-bond acceptors (Lipinski definition) is 4. The summed E-state index contributed by atoms with van der Waals surface area (Å²) in [5, 5.41) is -2.03. The van der Waals surface area contributed by atoms with Gasteiger partial charge in [0.25, 0.3) is 0 Å². The Bertz CT molecular complexity index is 552. The number of carbonyl (C=O) groups excluding carboxylic acids is 1. The van der Waals surface area contributed by atoms with Crippen LogP contribution in [0.5, 0.6) is 0 Å². The number of carbonyl (C=O) groups is 1. The minimum Gasteiger partial charge on any atom is -0.442 e. The van der Waals surface area contributed by atoms with Gasteiger partial charge in [0.05, 0.1) is 0 Å². The van der Waals surface area contributed by atoms with Crippen LogP contribution in [0.1, 0.15) is 32.1 Å². The molecule has 4 bridgehead atoms. The fourth-order valence-electron chi connectivity index (χ4n) is 4.85. The molecule has 4 aliphatic rings. The largest absolute Gasteiger partial charge is 0.442 e. The zero-order valence-corrected chi connectivity index (χ0v) is 13.4. The normalized spacial score (nSPS) is 36.0. The summed E-state index contributed by atoms with van der Waals surface area (Å²) in [6.07, 6.45) is 4.94. The first-order chi connectivity index (χ1) is 10.7. The molecule has 0 heterocycles. The molecule has 2 N–H and O–H groups in total. The minimum absolute atomic E-state index is 0.345. The molecule has 9 heteroatoms. The smallest absolute Gasteiger partial charge is 0.407 e. The summed E-state index contributed by atoms with van der Waals surface area (Å²) < 4.78 is 59.4. The van der Waals surface area contributed by atoms with Crippen LogP contribution in [0.4, 0.5) is 13.6 Å². The Labute approximate surface area is 133 Å². The number of ether oxygens (including phenoxy) is 1. The molecule has 0 aromatic carbocycles. The van der Waals surface area contributed by atoms with Crippen molar-refractivity contribution < 1.29 is 31.3 Å². The van der Waals surface area contributed by atoms with Crippen molar-refractivity contribution in [2.75, 3.05) is 13.2 Å². The van der Waals surface area contributed by atoms with Crippen molar-refractivity contribution in [3.05, 3.63) is 0 Å². The fraction of sp³-hybridized carbons (Fsp3) is 0.929. The molecular weight excluding hydrogens is 332 g/mol. The predicted octanol–water partition coefficient (Wildman–Crippen LogP) is 2.27. The molecule has 1 amide bonds. The maximum atomic E-state index is 13.0. The Morgan fingerprint density at radius 1 is 1.13 bits per heavy atom. The Morgan fingerprint density at radius 3 is 2.13 bits per heavy atom. The third-order valence-electron chi connectivity index (χ3n) is 5.65. The summed E-state index contributed by atoms with van der Waals surface area (Å²) in [6, 6.07) is 0. The first kappa shape index (κ1) is 16.9. The van der Waals surface area contributed by atoms with Crippen LogP contribution in [0.2, 0.25) is 0 Å². The van der Waals surface area contributed by atoms with Gasteiger partial charge in [0.15, 0.2) is 6.61 Å². The molecule has 4 saturated carbocycles. The van der Waals surface area contributed by atoms with Gasteiger partial charge in [-0.2, -0.15) is 17.2 Å². The van der Waals surface area contributed by atoms with E-state index in [4.69, 9.17) is 4.55 Å². The maximum Gasteiger partial charge on any atom is 0.407 e. The van der Waals surface area contributed by atoms with Crippen LogP contribution in [0.3, 0.4) is 0 Å². The highest BCUT2D eigenvalue weighted by molar-refractivity contribution is 7.86. The van der Waals surface area contributed by atoms with Crippen LogP contribution in [0, 0.1) is 29.6 Å². The quantitative estimate of drug-likeness (QED) is 0.740. The summed E-state index contributed by atoms with van der Waals surface area (Å²) in [7, 11) is -5.59. The van der Waals surface area contributed by atoms with Gasteiger partial charge in [-0.3, -0.25) is 4.55 Å². The zero-order chi connectivity index (χ0) is 16.8. The Hall–Kier alpha value is -0.960. The SMILES string of the molecule is O=C(NCC1C2CC3CC(C2)CC1C3)OCC(F)(F)S(=O)(=O)O. The van der Waals surface area contributed by atoms with Crippen molar-refractivity contribution in [2.24, 2.45) is 29.6 Å². The summed E-state index contributed by atoms with van der Waals surface area (Å²) in [5.41, 5.74) is 0. The van der Waals surface area contributed by atoms with E-state index < -0.39 is 28.1 Å². The molecule has 4 fully saturated rings. The second-order valence-electron chi connectivity index (χ2n) is 7.16. The number of nitrogens with one attached hydrogen (secondary N) is 1. The van der Waals surface area contributed by atoms with Crippen LogP contribution >= 0.6 is 0 Å². The van der Waals surface area contributed by atoms with Crippen LogP contribution in [0.15, 0.2) is 0 Å². The minimum atomic E-state index is -5.59. The van der Waals surface area contributed by atoms with Gasteiger partial charge in [-0.1, -0.05) is 0 Å². The lowest BCUT2D eigenvalue weighted by atomic mass is 9.52. The van der Waals surface area contributed by atoms with Gasteiger partial charge in [-0.05, 0) is 61.7 Å². The molecule has 0 aromatic heterocycles. The highest BCUT2D eigenvalue weighted by Crippen LogP contribution is 2.56. The van der Waals surface area contributed by atoms with E-state index in [1.807, 2.05) is 0 Å². The van der Waals surface area contributed by atoms with E-state index in [0.29, 0.717) is 24.3 Å². The van der Waals surface area contributed by atoms with E-state index >= 15 is 0 Å². The highest BCUT2D eigenvalue weighted by atomic mass is 32.2. The number of rotatable bonds is 5. The average Bonchev–Trinajstić information content (AvgIpc) is 2.42. The van der Waals surface area contributed by atoms with Crippen molar-refractivity contribution >= 4 is 16.2 Å². The molecule has 132 valence electrons. The molecule has 0 atom stereocenters. The number of amides is 1. The van der Waals surface area contributed by atoms with E-state index in [9.17, 15) is 22.0 Å². The maximum absolute atomic E-state index is 13.0. The van der Waals surface area contributed by atoms with Gasteiger partial charge < -0.3 is 10.1 Å². The summed E-state index contributed by atoms with van der Waals surface area (Å²) in [5.74, 6) is 3.09. The first-order valence-electron chi connectivity index (χ1n) is 7.91. The molecule has 0 aromatic rings. The van der Waals surface area contributed by atoms with E-state index in [1.165, 1.54) is 32.1 Å². The second kappa shape index (κ2) is 5.84. The van der Waals surface area contributed by atoms with E-state index in [1.54, 1.807) is 0 Å². The third-order valence-corrected chi connectivity index (χ3v) is 6.53. The first-order valence-corrected chi connectivity index (χ1v) is 9.35. The topological polar surface area (TPSA) is 92.7 Å². The fourth-order valence-corrected chi connectivity index (χ4v) is 5.06. The molecule has 0 aliphatic heterocycles. The molecular formula is C14H21F2NO5S. The summed E-state index contributed by atoms with van der Waals surface area (Å²) in [4.78, 5) is 11.5. The van der Waals surface area contributed by atoms with E-state index in [0.717, 1.165) is 11.8 Å². The van der Waals surface area contributed by atoms with Crippen molar-refractivity contribution in [1.29, 1.82) is 0 Å². The molecule has 4 aliphatic carbocycles.